The van der Waals surface area contributed by atoms with Crippen LogP contribution >= 0.6 is 11.9 Å². The van der Waals surface area contributed by atoms with Gasteiger partial charge in [-0.05, 0) is 19.1 Å². The van der Waals surface area contributed by atoms with Crippen molar-refractivity contribution in [3.8, 4) is 0 Å². The van der Waals surface area contributed by atoms with Gasteiger partial charge in [-0.15, -0.1) is 0 Å². The molecule has 0 unspecified atom stereocenters. The highest BCUT2D eigenvalue weighted by molar-refractivity contribution is 7.97. The van der Waals surface area contributed by atoms with E-state index in [1.165, 1.54) is 11.9 Å². The first-order chi connectivity index (χ1) is 5.74. The van der Waals surface area contributed by atoms with Gasteiger partial charge in [0.2, 0.25) is 0 Å². The second-order valence-corrected chi connectivity index (χ2v) is 3.11. The molecule has 3 heteroatoms. The van der Waals surface area contributed by atoms with Gasteiger partial charge in [-0.3, -0.25) is 9.52 Å². The molecule has 1 aromatic rings. The van der Waals surface area contributed by atoms with Crippen LogP contribution in [0.25, 0.3) is 0 Å². The van der Waals surface area contributed by atoms with Crippen LogP contribution < -0.4 is 4.72 Å². The summed E-state index contributed by atoms with van der Waals surface area (Å²) in [5.74, 6) is -0.0394. The number of hydrogen-bond acceptors (Lipinski definition) is 2. The van der Waals surface area contributed by atoms with Gasteiger partial charge in [-0.2, -0.15) is 0 Å². The molecule has 0 aliphatic carbocycles. The monoisotopic (exact) mass is 181 g/mol. The van der Waals surface area contributed by atoms with Crippen LogP contribution in [-0.4, -0.2) is 12.2 Å². The van der Waals surface area contributed by atoms with Crippen molar-refractivity contribution in [2.45, 2.75) is 6.92 Å². The molecule has 0 spiro atoms. The quantitative estimate of drug-likeness (QED) is 0.707. The van der Waals surface area contributed by atoms with Gasteiger partial charge in [0.25, 0.3) is 5.91 Å². The number of carbonyl (C=O) groups is 1. The molecule has 0 heterocycles. The van der Waals surface area contributed by atoms with Crippen LogP contribution in [0.15, 0.2) is 24.3 Å². The Bertz CT molecular complexity index is 268. The van der Waals surface area contributed by atoms with Gasteiger partial charge < -0.3 is 0 Å². The fraction of sp³-hybridized carbons (Fsp3) is 0.222. The van der Waals surface area contributed by atoms with Gasteiger partial charge in [0.15, 0.2) is 0 Å². The Morgan fingerprint density at radius 1 is 1.33 bits per heavy atom. The van der Waals surface area contributed by atoms with Crippen molar-refractivity contribution >= 4 is 17.9 Å². The fourth-order valence-electron chi connectivity index (χ4n) is 0.857. The van der Waals surface area contributed by atoms with E-state index in [0.717, 1.165) is 5.56 Å². The lowest BCUT2D eigenvalue weighted by Crippen LogP contribution is -2.14. The van der Waals surface area contributed by atoms with Crippen LogP contribution in [-0.2, 0) is 0 Å². The van der Waals surface area contributed by atoms with Crippen molar-refractivity contribution in [3.05, 3.63) is 35.4 Å². The molecule has 12 heavy (non-hydrogen) atoms. The Balaban J connectivity index is 2.75. The third kappa shape index (κ3) is 2.27. The zero-order valence-corrected chi connectivity index (χ0v) is 7.94. The molecule has 1 aromatic carbocycles. The van der Waals surface area contributed by atoms with Gasteiger partial charge in [0, 0.05) is 11.8 Å². The normalized spacial score (nSPS) is 9.50. The summed E-state index contributed by atoms with van der Waals surface area (Å²) < 4.78 is 2.66. The number of rotatable bonds is 2. The van der Waals surface area contributed by atoms with E-state index in [0.29, 0.717) is 5.56 Å². The summed E-state index contributed by atoms with van der Waals surface area (Å²) in [7, 11) is 0. The van der Waals surface area contributed by atoms with Crippen molar-refractivity contribution in [2.24, 2.45) is 0 Å². The van der Waals surface area contributed by atoms with Gasteiger partial charge in [0.05, 0.1) is 0 Å². The number of nitrogens with one attached hydrogen (secondary N) is 1. The molecular weight excluding hydrogens is 170 g/mol. The molecule has 0 aliphatic heterocycles. The second kappa shape index (κ2) is 4.16. The summed E-state index contributed by atoms with van der Waals surface area (Å²) in [6.07, 6.45) is 1.83. The number of benzene rings is 1. The van der Waals surface area contributed by atoms with Crippen molar-refractivity contribution < 1.29 is 4.79 Å². The first-order valence-corrected chi connectivity index (χ1v) is 4.86. The number of carbonyl (C=O) groups excluding carboxylic acids is 1. The molecule has 0 atom stereocenters. The fourth-order valence-corrected chi connectivity index (χ4v) is 1.16. The second-order valence-electron chi connectivity index (χ2n) is 2.50. The SMILES string of the molecule is CSNC(=O)c1ccc(C)cc1. The van der Waals surface area contributed by atoms with Crippen molar-refractivity contribution in [3.63, 3.8) is 0 Å². The van der Waals surface area contributed by atoms with E-state index in [1.807, 2.05) is 37.4 Å². The third-order valence-corrected chi connectivity index (χ3v) is 1.90. The lowest BCUT2D eigenvalue weighted by Gasteiger charge is -2.00. The zero-order chi connectivity index (χ0) is 8.97. The third-order valence-electron chi connectivity index (χ3n) is 1.51. The molecule has 1 rings (SSSR count). The van der Waals surface area contributed by atoms with E-state index < -0.39 is 0 Å². The van der Waals surface area contributed by atoms with E-state index in [1.54, 1.807) is 0 Å². The maximum atomic E-state index is 11.2. The molecule has 0 saturated carbocycles. The summed E-state index contributed by atoms with van der Waals surface area (Å²) >= 11 is 1.31. The summed E-state index contributed by atoms with van der Waals surface area (Å²) in [5.41, 5.74) is 1.87. The van der Waals surface area contributed by atoms with E-state index in [-0.39, 0.29) is 5.91 Å². The Hall–Kier alpha value is -0.960. The van der Waals surface area contributed by atoms with Crippen LogP contribution in [0.5, 0.6) is 0 Å². The van der Waals surface area contributed by atoms with Crippen molar-refractivity contribution in [1.29, 1.82) is 0 Å². The Labute approximate surface area is 76.5 Å². The molecule has 1 amide bonds. The van der Waals surface area contributed by atoms with Crippen molar-refractivity contribution in [2.75, 3.05) is 6.26 Å². The highest BCUT2D eigenvalue weighted by Gasteiger charge is 2.01. The smallest absolute Gasteiger partial charge is 0.261 e. The Morgan fingerprint density at radius 3 is 2.42 bits per heavy atom. The minimum Gasteiger partial charge on any atom is -0.296 e. The van der Waals surface area contributed by atoms with E-state index in [2.05, 4.69) is 4.72 Å². The summed E-state index contributed by atoms with van der Waals surface area (Å²) in [6, 6.07) is 7.49. The van der Waals surface area contributed by atoms with Crippen LogP contribution in [0.3, 0.4) is 0 Å². The topological polar surface area (TPSA) is 29.1 Å². The molecule has 0 aliphatic rings. The van der Waals surface area contributed by atoms with Crippen LogP contribution in [0, 0.1) is 6.92 Å². The number of hydrogen-bond donors (Lipinski definition) is 1. The Morgan fingerprint density at radius 2 is 1.92 bits per heavy atom. The maximum Gasteiger partial charge on any atom is 0.261 e. The minimum absolute atomic E-state index is 0.0394. The summed E-state index contributed by atoms with van der Waals surface area (Å²) in [6.45, 7) is 2.00. The first-order valence-electron chi connectivity index (χ1n) is 3.64. The number of aryl methyl sites for hydroxylation is 1. The predicted molar refractivity (Wildman–Crippen MR) is 52.2 cm³/mol. The highest BCUT2D eigenvalue weighted by atomic mass is 32.2. The predicted octanol–water partition coefficient (Wildman–Crippen LogP) is 2.00. The van der Waals surface area contributed by atoms with E-state index in [4.69, 9.17) is 0 Å². The minimum atomic E-state index is -0.0394. The largest absolute Gasteiger partial charge is 0.296 e. The first kappa shape index (κ1) is 9.13. The van der Waals surface area contributed by atoms with Gasteiger partial charge in [-0.1, -0.05) is 29.6 Å². The molecule has 0 saturated heterocycles. The molecule has 0 radical (unpaired) electrons. The molecule has 0 fully saturated rings. The average Bonchev–Trinajstić information content (AvgIpc) is 2.06. The molecule has 1 N–H and O–H groups in total. The van der Waals surface area contributed by atoms with E-state index in [9.17, 15) is 4.79 Å². The zero-order valence-electron chi connectivity index (χ0n) is 7.13. The summed E-state index contributed by atoms with van der Waals surface area (Å²) in [5, 5.41) is 0. The van der Waals surface area contributed by atoms with Crippen LogP contribution in [0.2, 0.25) is 0 Å². The van der Waals surface area contributed by atoms with Crippen LogP contribution in [0.1, 0.15) is 15.9 Å². The molecule has 64 valence electrons. The lowest BCUT2D eigenvalue weighted by atomic mass is 10.1. The van der Waals surface area contributed by atoms with Gasteiger partial charge >= 0.3 is 0 Å². The Kier molecular flexibility index (Phi) is 3.17. The van der Waals surface area contributed by atoms with Gasteiger partial charge in [-0.25, -0.2) is 0 Å². The lowest BCUT2D eigenvalue weighted by molar-refractivity contribution is 0.0984. The van der Waals surface area contributed by atoms with Gasteiger partial charge in [0.1, 0.15) is 0 Å². The molecule has 0 bridgehead atoms. The van der Waals surface area contributed by atoms with Crippen LogP contribution in [0.4, 0.5) is 0 Å². The summed E-state index contributed by atoms with van der Waals surface area (Å²) in [4.78, 5) is 11.2. The highest BCUT2D eigenvalue weighted by Crippen LogP contribution is 2.03. The number of amides is 1. The molecule has 2 nitrogen and oxygen atoms in total. The molecule has 0 aromatic heterocycles. The standard InChI is InChI=1S/C9H11NOS/c1-7-3-5-8(6-4-7)9(11)10-12-2/h3-6H,1-2H3,(H,10,11). The van der Waals surface area contributed by atoms with E-state index >= 15 is 0 Å². The maximum absolute atomic E-state index is 11.2. The van der Waals surface area contributed by atoms with Crippen molar-refractivity contribution in [1.82, 2.24) is 4.72 Å². The molecular formula is C9H11NOS. The average molecular weight is 181 g/mol.